The number of imide groups is 1. The molecule has 0 saturated carbocycles. The molecule has 2 amide bonds. The summed E-state index contributed by atoms with van der Waals surface area (Å²) in [6.45, 7) is -0.766. The Morgan fingerprint density at radius 1 is 1.00 bits per heavy atom. The van der Waals surface area contributed by atoms with Gasteiger partial charge in [-0.15, -0.1) is 0 Å². The number of fused-ring (bicyclic) bond motifs is 1. The van der Waals surface area contributed by atoms with Gasteiger partial charge in [0.05, 0.1) is 16.0 Å². The fraction of sp³-hybridized carbons (Fsp3) is 0.0625. The topological polar surface area (TPSA) is 110 Å². The highest BCUT2D eigenvalue weighted by molar-refractivity contribution is 7.89. The van der Waals surface area contributed by atoms with Gasteiger partial charge in [-0.05, 0) is 36.4 Å². The summed E-state index contributed by atoms with van der Waals surface area (Å²) in [6, 6.07) is 11.3. The van der Waals surface area contributed by atoms with Gasteiger partial charge in [-0.25, -0.2) is 13.2 Å². The largest absolute Gasteiger partial charge is 0.347 e. The normalized spacial score (nSPS) is 13.7. The van der Waals surface area contributed by atoms with Crippen LogP contribution in [0.1, 0.15) is 20.7 Å². The van der Waals surface area contributed by atoms with Crippen molar-refractivity contribution in [1.82, 2.24) is 9.79 Å². The third-order valence-corrected chi connectivity index (χ3v) is 5.15. The fourth-order valence-electron chi connectivity index (χ4n) is 2.24. The van der Waals surface area contributed by atoms with E-state index in [9.17, 15) is 22.8 Å². The van der Waals surface area contributed by atoms with E-state index in [-0.39, 0.29) is 16.0 Å². The zero-order valence-electron chi connectivity index (χ0n) is 13.0. The first-order chi connectivity index (χ1) is 12.3. The Hall–Kier alpha value is -2.75. The Bertz CT molecular complexity index is 969. The van der Waals surface area contributed by atoms with Crippen molar-refractivity contribution >= 4 is 39.4 Å². The van der Waals surface area contributed by atoms with Crippen molar-refractivity contribution in [2.75, 3.05) is 6.54 Å². The molecule has 0 saturated heterocycles. The number of sulfonamides is 1. The predicted molar refractivity (Wildman–Crippen MR) is 89.7 cm³/mol. The van der Waals surface area contributed by atoms with Crippen molar-refractivity contribution in [3.05, 3.63) is 64.7 Å². The molecule has 1 aliphatic rings. The summed E-state index contributed by atoms with van der Waals surface area (Å²) in [4.78, 5) is 40.6. The molecule has 2 aromatic rings. The lowest BCUT2D eigenvalue weighted by Gasteiger charge is -2.13. The molecule has 8 nitrogen and oxygen atoms in total. The summed E-state index contributed by atoms with van der Waals surface area (Å²) in [5.41, 5.74) is 0.207. The SMILES string of the molecule is O=C(CNS(=O)(=O)c1ccc(Cl)cc1)ON1C(=O)c2ccccc2C1=O. The molecule has 0 unspecified atom stereocenters. The number of carbonyl (C=O) groups is 3. The average Bonchev–Trinajstić information content (AvgIpc) is 2.86. The monoisotopic (exact) mass is 394 g/mol. The van der Waals surface area contributed by atoms with Gasteiger partial charge in [-0.2, -0.15) is 4.72 Å². The number of hydrogen-bond acceptors (Lipinski definition) is 6. The molecule has 26 heavy (non-hydrogen) atoms. The standard InChI is InChI=1S/C16H11ClN2O6S/c17-10-5-7-11(8-6-10)26(23,24)18-9-14(20)25-19-15(21)12-3-1-2-4-13(12)16(19)22/h1-8,18H,9H2. The van der Waals surface area contributed by atoms with Gasteiger partial charge >= 0.3 is 5.97 Å². The van der Waals surface area contributed by atoms with Crippen molar-refractivity contribution < 1.29 is 27.6 Å². The van der Waals surface area contributed by atoms with Gasteiger partial charge in [0, 0.05) is 5.02 Å². The lowest BCUT2D eigenvalue weighted by molar-refractivity contribution is -0.166. The van der Waals surface area contributed by atoms with Crippen LogP contribution >= 0.6 is 11.6 Å². The van der Waals surface area contributed by atoms with E-state index in [1.165, 1.54) is 36.4 Å². The molecule has 0 radical (unpaired) electrons. The molecule has 10 heteroatoms. The molecule has 2 aromatic carbocycles. The van der Waals surface area contributed by atoms with Crippen molar-refractivity contribution in [3.8, 4) is 0 Å². The van der Waals surface area contributed by atoms with Gasteiger partial charge in [-0.3, -0.25) is 9.59 Å². The average molecular weight is 395 g/mol. The summed E-state index contributed by atoms with van der Waals surface area (Å²) < 4.78 is 26.2. The molecule has 0 aliphatic carbocycles. The first kappa shape index (κ1) is 18.1. The van der Waals surface area contributed by atoms with Crippen molar-refractivity contribution in [2.45, 2.75) is 4.90 Å². The zero-order valence-corrected chi connectivity index (χ0v) is 14.6. The number of halogens is 1. The summed E-state index contributed by atoms with van der Waals surface area (Å²) in [5.74, 6) is -2.70. The number of benzene rings is 2. The number of amides is 2. The van der Waals surface area contributed by atoms with Crippen LogP contribution in [0, 0.1) is 0 Å². The molecule has 134 valence electrons. The molecular weight excluding hydrogens is 384 g/mol. The fourth-order valence-corrected chi connectivity index (χ4v) is 3.33. The molecule has 1 heterocycles. The molecule has 0 aromatic heterocycles. The minimum absolute atomic E-state index is 0.101. The molecule has 0 spiro atoms. The van der Waals surface area contributed by atoms with E-state index in [1.54, 1.807) is 12.1 Å². The molecule has 1 aliphatic heterocycles. The molecule has 3 rings (SSSR count). The maximum Gasteiger partial charge on any atom is 0.347 e. The van der Waals surface area contributed by atoms with E-state index in [2.05, 4.69) is 0 Å². The van der Waals surface area contributed by atoms with Crippen molar-refractivity contribution in [1.29, 1.82) is 0 Å². The highest BCUT2D eigenvalue weighted by Crippen LogP contribution is 2.22. The summed E-state index contributed by atoms with van der Waals surface area (Å²) in [7, 11) is -3.98. The van der Waals surface area contributed by atoms with Crippen LogP contribution in [-0.2, 0) is 19.7 Å². The van der Waals surface area contributed by atoms with E-state index >= 15 is 0 Å². The number of rotatable bonds is 5. The van der Waals surface area contributed by atoms with Crippen LogP contribution in [0.2, 0.25) is 5.02 Å². The second-order valence-corrected chi connectivity index (χ2v) is 7.40. The first-order valence-electron chi connectivity index (χ1n) is 7.23. The minimum atomic E-state index is -3.98. The van der Waals surface area contributed by atoms with Crippen molar-refractivity contribution in [3.63, 3.8) is 0 Å². The zero-order chi connectivity index (χ0) is 18.9. The molecule has 0 atom stereocenters. The van der Waals surface area contributed by atoms with E-state index in [0.29, 0.717) is 10.1 Å². The predicted octanol–water partition coefficient (Wildman–Crippen LogP) is 1.37. The molecular formula is C16H11ClN2O6S. The Morgan fingerprint density at radius 3 is 2.08 bits per heavy atom. The Morgan fingerprint density at radius 2 is 1.54 bits per heavy atom. The highest BCUT2D eigenvalue weighted by Gasteiger charge is 2.38. The number of hydrogen-bond donors (Lipinski definition) is 1. The van der Waals surface area contributed by atoms with E-state index < -0.39 is 34.4 Å². The van der Waals surface area contributed by atoms with Gasteiger partial charge in [0.25, 0.3) is 11.8 Å². The quantitative estimate of drug-likeness (QED) is 0.767. The van der Waals surface area contributed by atoms with Gasteiger partial charge < -0.3 is 4.84 Å². The number of carbonyl (C=O) groups excluding carboxylic acids is 3. The second-order valence-electron chi connectivity index (χ2n) is 5.19. The van der Waals surface area contributed by atoms with Gasteiger partial charge in [0.1, 0.15) is 6.54 Å². The second kappa shape index (κ2) is 6.87. The van der Waals surface area contributed by atoms with Crippen LogP contribution in [0.5, 0.6) is 0 Å². The number of hydroxylamine groups is 2. The first-order valence-corrected chi connectivity index (χ1v) is 9.09. The Labute approximate surface area is 153 Å². The van der Waals surface area contributed by atoms with Crippen LogP contribution in [0.15, 0.2) is 53.4 Å². The third-order valence-electron chi connectivity index (χ3n) is 3.48. The highest BCUT2D eigenvalue weighted by atomic mass is 35.5. The van der Waals surface area contributed by atoms with E-state index in [4.69, 9.17) is 16.4 Å². The van der Waals surface area contributed by atoms with E-state index in [1.807, 2.05) is 4.72 Å². The number of nitrogens with one attached hydrogen (secondary N) is 1. The van der Waals surface area contributed by atoms with Crippen LogP contribution in [0.25, 0.3) is 0 Å². The summed E-state index contributed by atoms with van der Waals surface area (Å²) in [6.07, 6.45) is 0. The maximum atomic E-state index is 12.1. The molecule has 0 bridgehead atoms. The third kappa shape index (κ3) is 3.45. The van der Waals surface area contributed by atoms with Crippen LogP contribution in [-0.4, -0.2) is 37.8 Å². The smallest absolute Gasteiger partial charge is 0.328 e. The Kier molecular flexibility index (Phi) is 4.77. The maximum absolute atomic E-state index is 12.1. The van der Waals surface area contributed by atoms with E-state index in [0.717, 1.165) is 0 Å². The Balaban J connectivity index is 1.64. The van der Waals surface area contributed by atoms with Crippen molar-refractivity contribution in [2.24, 2.45) is 0 Å². The lowest BCUT2D eigenvalue weighted by atomic mass is 10.1. The van der Waals surface area contributed by atoms with Crippen LogP contribution in [0.3, 0.4) is 0 Å². The summed E-state index contributed by atoms with van der Waals surface area (Å²) in [5, 5.41) is 0.665. The minimum Gasteiger partial charge on any atom is -0.328 e. The lowest BCUT2D eigenvalue weighted by Crippen LogP contribution is -2.38. The van der Waals surface area contributed by atoms with Gasteiger partial charge in [0.15, 0.2) is 0 Å². The molecule has 1 N–H and O–H groups in total. The summed E-state index contributed by atoms with van der Waals surface area (Å²) >= 11 is 5.69. The number of nitrogens with zero attached hydrogens (tertiary/aromatic N) is 1. The molecule has 0 fully saturated rings. The van der Waals surface area contributed by atoms with Crippen LogP contribution in [0.4, 0.5) is 0 Å². The van der Waals surface area contributed by atoms with Gasteiger partial charge in [-0.1, -0.05) is 28.8 Å². The van der Waals surface area contributed by atoms with Gasteiger partial charge in [0.2, 0.25) is 10.0 Å². The van der Waals surface area contributed by atoms with Crippen LogP contribution < -0.4 is 4.72 Å².